The number of halogens is 3. The van der Waals surface area contributed by atoms with Crippen molar-refractivity contribution in [2.45, 2.75) is 31.6 Å². The van der Waals surface area contributed by atoms with Crippen molar-refractivity contribution in [3.05, 3.63) is 59.3 Å². The molecule has 6 nitrogen and oxygen atoms in total. The largest absolute Gasteiger partial charge is 0.497 e. The van der Waals surface area contributed by atoms with Crippen LogP contribution in [0.5, 0.6) is 17.2 Å². The minimum absolute atomic E-state index is 0.104. The van der Waals surface area contributed by atoms with E-state index >= 15 is 0 Å². The van der Waals surface area contributed by atoms with Crippen LogP contribution in [0.25, 0.3) is 10.9 Å². The topological polar surface area (TPSA) is 55.9 Å². The summed E-state index contributed by atoms with van der Waals surface area (Å²) in [6.07, 6.45) is 0.935. The molecule has 2 aliphatic heterocycles. The summed E-state index contributed by atoms with van der Waals surface area (Å²) in [6, 6.07) is 8.31. The molecular weight excluding hydrogens is 459 g/mol. The van der Waals surface area contributed by atoms with E-state index in [1.54, 1.807) is 6.07 Å². The van der Waals surface area contributed by atoms with E-state index in [1.165, 1.54) is 13.2 Å². The Morgan fingerprint density at radius 1 is 1.11 bits per heavy atom. The quantitative estimate of drug-likeness (QED) is 0.543. The fourth-order valence-corrected chi connectivity index (χ4v) is 4.75. The lowest BCUT2D eigenvalue weighted by Gasteiger charge is -2.35. The van der Waals surface area contributed by atoms with E-state index < -0.39 is 17.8 Å². The molecule has 2 aromatic carbocycles. The van der Waals surface area contributed by atoms with Gasteiger partial charge in [0.05, 0.1) is 13.3 Å². The van der Waals surface area contributed by atoms with Gasteiger partial charge in [-0.3, -0.25) is 9.88 Å². The molecular formula is C26H28F3N3O3. The summed E-state index contributed by atoms with van der Waals surface area (Å²) in [5.74, 6) is 0.691. The van der Waals surface area contributed by atoms with Crippen LogP contribution in [0.15, 0.2) is 36.5 Å². The summed E-state index contributed by atoms with van der Waals surface area (Å²) in [7, 11) is 1.43. The first-order valence-corrected chi connectivity index (χ1v) is 11.8. The fraction of sp³-hybridized carbons (Fsp3) is 0.423. The second kappa shape index (κ2) is 10.3. The van der Waals surface area contributed by atoms with E-state index in [0.29, 0.717) is 62.4 Å². The third kappa shape index (κ3) is 5.16. The van der Waals surface area contributed by atoms with Crippen LogP contribution in [0.2, 0.25) is 0 Å². The maximum Gasteiger partial charge on any atom is 0.161 e. The molecule has 2 aliphatic rings. The normalized spacial score (nSPS) is 20.2. The Morgan fingerprint density at radius 2 is 1.94 bits per heavy atom. The Balaban J connectivity index is 1.18. The lowest BCUT2D eigenvalue weighted by Crippen LogP contribution is -2.51. The Kier molecular flexibility index (Phi) is 6.97. The summed E-state index contributed by atoms with van der Waals surface area (Å²) < 4.78 is 60.2. The van der Waals surface area contributed by atoms with Crippen molar-refractivity contribution in [1.29, 1.82) is 0 Å². The lowest BCUT2D eigenvalue weighted by atomic mass is 10.0. The van der Waals surface area contributed by atoms with Gasteiger partial charge in [-0.1, -0.05) is 6.07 Å². The highest BCUT2D eigenvalue weighted by Gasteiger charge is 2.29. The minimum atomic E-state index is -1.06. The highest BCUT2D eigenvalue weighted by atomic mass is 19.1. The molecule has 0 amide bonds. The first kappa shape index (κ1) is 23.7. The molecule has 0 radical (unpaired) electrons. The lowest BCUT2D eigenvalue weighted by molar-refractivity contribution is 0.104. The van der Waals surface area contributed by atoms with Gasteiger partial charge in [0.25, 0.3) is 0 Å². The smallest absolute Gasteiger partial charge is 0.161 e. The maximum absolute atomic E-state index is 15.0. The van der Waals surface area contributed by atoms with Crippen molar-refractivity contribution in [2.24, 2.45) is 0 Å². The van der Waals surface area contributed by atoms with E-state index in [9.17, 15) is 13.2 Å². The zero-order valence-electron chi connectivity index (χ0n) is 19.5. The summed E-state index contributed by atoms with van der Waals surface area (Å²) in [6.45, 7) is 2.99. The van der Waals surface area contributed by atoms with Crippen molar-refractivity contribution >= 4 is 10.9 Å². The van der Waals surface area contributed by atoms with Crippen LogP contribution in [0.1, 0.15) is 17.5 Å². The number of alkyl halides is 1. The van der Waals surface area contributed by atoms with Crippen LogP contribution in [-0.4, -0.2) is 62.1 Å². The summed E-state index contributed by atoms with van der Waals surface area (Å²) >= 11 is 0. The molecule has 2 atom stereocenters. The average molecular weight is 488 g/mol. The maximum atomic E-state index is 15.0. The molecule has 5 rings (SSSR count). The van der Waals surface area contributed by atoms with E-state index in [4.69, 9.17) is 14.2 Å². The van der Waals surface area contributed by atoms with Gasteiger partial charge in [-0.2, -0.15) is 0 Å². The highest BCUT2D eigenvalue weighted by Crippen LogP contribution is 2.31. The summed E-state index contributed by atoms with van der Waals surface area (Å²) in [5, 5.41) is 3.70. The van der Waals surface area contributed by atoms with Gasteiger partial charge >= 0.3 is 0 Å². The minimum Gasteiger partial charge on any atom is -0.497 e. The molecule has 35 heavy (non-hydrogen) atoms. The molecule has 0 aliphatic carbocycles. The first-order valence-electron chi connectivity index (χ1n) is 11.8. The zero-order valence-corrected chi connectivity index (χ0v) is 19.5. The number of hydrogen-bond acceptors (Lipinski definition) is 6. The average Bonchev–Trinajstić information content (AvgIpc) is 2.87. The molecule has 0 bridgehead atoms. The molecule has 0 unspecified atom stereocenters. The van der Waals surface area contributed by atoms with E-state index in [0.717, 1.165) is 23.3 Å². The number of methoxy groups -OCH3 is 1. The SMILES string of the molecule is COc1cc(F)c2ncc(F)c(CCN3CC[C@@H](NCc4ccc5c(c4)OCCO5)[C@@H](F)C3)c2c1. The van der Waals surface area contributed by atoms with Crippen molar-refractivity contribution in [3.63, 3.8) is 0 Å². The number of fused-ring (bicyclic) bond motifs is 2. The molecule has 0 saturated carbocycles. The summed E-state index contributed by atoms with van der Waals surface area (Å²) in [5.41, 5.74) is 1.47. The second-order valence-electron chi connectivity index (χ2n) is 8.91. The van der Waals surface area contributed by atoms with Crippen LogP contribution >= 0.6 is 0 Å². The third-order valence-electron chi connectivity index (χ3n) is 6.67. The predicted octanol–water partition coefficient (Wildman–Crippen LogP) is 4.04. The van der Waals surface area contributed by atoms with Gasteiger partial charge in [0.2, 0.25) is 0 Å². The van der Waals surface area contributed by atoms with Crippen LogP contribution in [0.4, 0.5) is 13.2 Å². The number of nitrogens with zero attached hydrogens (tertiary/aromatic N) is 2. The molecule has 0 spiro atoms. The molecule has 1 N–H and O–H groups in total. The standard InChI is InChI=1S/C26H28F3N3O3/c1-33-17-11-19-18(21(28)14-31-26(19)20(27)12-17)4-6-32-7-5-23(22(29)15-32)30-13-16-2-3-24-25(10-16)35-9-8-34-24/h2-3,10-12,14,22-23,30H,4-9,13,15H2,1H3/t22-,23+/m0/s1. The van der Waals surface area contributed by atoms with Gasteiger partial charge in [0, 0.05) is 42.7 Å². The van der Waals surface area contributed by atoms with Crippen molar-refractivity contribution in [1.82, 2.24) is 15.2 Å². The Hall–Kier alpha value is -3.04. The molecule has 3 heterocycles. The summed E-state index contributed by atoms with van der Waals surface area (Å²) in [4.78, 5) is 5.88. The number of pyridine rings is 1. The van der Waals surface area contributed by atoms with Gasteiger partial charge in [-0.15, -0.1) is 0 Å². The van der Waals surface area contributed by atoms with Crippen molar-refractivity contribution in [2.75, 3.05) is 40.0 Å². The monoisotopic (exact) mass is 487 g/mol. The highest BCUT2D eigenvalue weighted by molar-refractivity contribution is 5.84. The van der Waals surface area contributed by atoms with Crippen LogP contribution in [0, 0.1) is 11.6 Å². The Morgan fingerprint density at radius 3 is 2.74 bits per heavy atom. The number of rotatable bonds is 7. The van der Waals surface area contributed by atoms with Gasteiger partial charge in [0.1, 0.15) is 36.5 Å². The number of piperidine rings is 1. The number of likely N-dealkylation sites (tertiary alicyclic amines) is 1. The first-order chi connectivity index (χ1) is 17.0. The predicted molar refractivity (Wildman–Crippen MR) is 126 cm³/mol. The number of hydrogen-bond donors (Lipinski definition) is 1. The molecule has 1 saturated heterocycles. The van der Waals surface area contributed by atoms with Crippen LogP contribution in [0.3, 0.4) is 0 Å². The Labute approximate surface area is 202 Å². The van der Waals surface area contributed by atoms with Gasteiger partial charge in [0.15, 0.2) is 17.3 Å². The fourth-order valence-electron chi connectivity index (χ4n) is 4.75. The van der Waals surface area contributed by atoms with Crippen molar-refractivity contribution in [3.8, 4) is 17.2 Å². The molecule has 1 fully saturated rings. The number of aromatic nitrogens is 1. The van der Waals surface area contributed by atoms with E-state index in [1.807, 2.05) is 23.1 Å². The number of ether oxygens (including phenoxy) is 3. The number of benzene rings is 2. The molecule has 9 heteroatoms. The number of nitrogens with one attached hydrogen (secondary N) is 1. The van der Waals surface area contributed by atoms with Gasteiger partial charge < -0.3 is 19.5 Å². The van der Waals surface area contributed by atoms with Crippen molar-refractivity contribution < 1.29 is 27.4 Å². The zero-order chi connectivity index (χ0) is 24.4. The third-order valence-corrected chi connectivity index (χ3v) is 6.67. The molecule has 1 aromatic heterocycles. The molecule has 3 aromatic rings. The Bertz CT molecular complexity index is 1210. The van der Waals surface area contributed by atoms with Crippen LogP contribution in [-0.2, 0) is 13.0 Å². The van der Waals surface area contributed by atoms with Gasteiger partial charge in [-0.05, 0) is 43.1 Å². The molecule has 186 valence electrons. The second-order valence-corrected chi connectivity index (χ2v) is 8.91. The van der Waals surface area contributed by atoms with Gasteiger partial charge in [-0.25, -0.2) is 13.2 Å². The van der Waals surface area contributed by atoms with Crippen LogP contribution < -0.4 is 19.5 Å². The van der Waals surface area contributed by atoms with E-state index in [-0.39, 0.29) is 18.1 Å². The van der Waals surface area contributed by atoms with E-state index in [2.05, 4.69) is 10.3 Å².